The lowest BCUT2D eigenvalue weighted by molar-refractivity contribution is 0.628. The van der Waals surface area contributed by atoms with Crippen LogP contribution in [-0.2, 0) is 12.8 Å². The van der Waals surface area contributed by atoms with E-state index in [9.17, 15) is 4.39 Å². The minimum Gasteiger partial charge on any atom is -0.385 e. The van der Waals surface area contributed by atoms with Crippen LogP contribution >= 0.6 is 0 Å². The fraction of sp³-hybridized carbons (Fsp3) is 0.294. The highest BCUT2D eigenvalue weighted by atomic mass is 19.1. The number of anilines is 3. The van der Waals surface area contributed by atoms with Crippen LogP contribution in [0.15, 0.2) is 36.4 Å². The number of fused-ring (bicyclic) bond motifs is 2. The largest absolute Gasteiger partial charge is 0.385 e. The fourth-order valence-electron chi connectivity index (χ4n) is 3.35. The third-order valence-electron chi connectivity index (χ3n) is 4.30. The van der Waals surface area contributed by atoms with Crippen LogP contribution in [0.4, 0.5) is 21.5 Å². The van der Waals surface area contributed by atoms with E-state index in [-0.39, 0.29) is 5.82 Å². The third kappa shape index (κ3) is 1.77. The molecule has 2 nitrogen and oxygen atoms in total. The van der Waals surface area contributed by atoms with Crippen LogP contribution in [0.1, 0.15) is 17.5 Å². The molecule has 0 aliphatic carbocycles. The van der Waals surface area contributed by atoms with E-state index in [1.165, 1.54) is 22.5 Å². The van der Waals surface area contributed by atoms with E-state index in [0.717, 1.165) is 38.0 Å². The topological polar surface area (TPSA) is 15.3 Å². The Bertz CT molecular complexity index is 666. The second-order valence-corrected chi connectivity index (χ2v) is 5.51. The van der Waals surface area contributed by atoms with Gasteiger partial charge in [-0.15, -0.1) is 0 Å². The maximum atomic E-state index is 13.6. The summed E-state index contributed by atoms with van der Waals surface area (Å²) in [5.74, 6) is -0.154. The van der Waals surface area contributed by atoms with Crippen LogP contribution < -0.4 is 10.2 Å². The molecule has 0 aromatic heterocycles. The lowest BCUT2D eigenvalue weighted by atomic mass is 10.0. The molecule has 0 fully saturated rings. The number of benzene rings is 2. The molecule has 0 saturated carbocycles. The highest BCUT2D eigenvalue weighted by molar-refractivity contribution is 5.76. The van der Waals surface area contributed by atoms with E-state index in [2.05, 4.69) is 28.4 Å². The molecule has 3 heteroatoms. The zero-order valence-electron chi connectivity index (χ0n) is 11.3. The van der Waals surface area contributed by atoms with Gasteiger partial charge in [-0.3, -0.25) is 0 Å². The Hall–Kier alpha value is -2.03. The molecule has 0 spiro atoms. The Kier molecular flexibility index (Phi) is 2.66. The molecule has 2 aliphatic rings. The van der Waals surface area contributed by atoms with Gasteiger partial charge in [0.15, 0.2) is 0 Å². The SMILES string of the molecule is Fc1ccc2c(c1)N(c1cccc3c1CCCN3)CC2. The monoisotopic (exact) mass is 268 g/mol. The standard InChI is InChI=1S/C17H17FN2/c18-13-7-6-12-8-10-20(17(12)11-13)16-5-1-4-15-14(16)3-2-9-19-15/h1,4-7,11,19H,2-3,8-10H2. The molecule has 102 valence electrons. The first-order valence-electron chi connectivity index (χ1n) is 7.25. The average Bonchev–Trinajstić information content (AvgIpc) is 2.89. The molecule has 0 unspecified atom stereocenters. The van der Waals surface area contributed by atoms with Gasteiger partial charge in [0.05, 0.1) is 0 Å². The molecule has 4 rings (SSSR count). The molecule has 2 aromatic rings. The van der Waals surface area contributed by atoms with Gasteiger partial charge in [0, 0.05) is 30.2 Å². The van der Waals surface area contributed by atoms with E-state index in [4.69, 9.17) is 0 Å². The first-order valence-corrected chi connectivity index (χ1v) is 7.25. The lowest BCUT2D eigenvalue weighted by Gasteiger charge is -2.27. The van der Waals surface area contributed by atoms with Crippen LogP contribution in [0.5, 0.6) is 0 Å². The maximum Gasteiger partial charge on any atom is 0.125 e. The van der Waals surface area contributed by atoms with Crippen molar-refractivity contribution < 1.29 is 4.39 Å². The quantitative estimate of drug-likeness (QED) is 0.844. The van der Waals surface area contributed by atoms with Gasteiger partial charge in [0.1, 0.15) is 5.82 Å². The number of nitrogens with zero attached hydrogens (tertiary/aromatic N) is 1. The van der Waals surface area contributed by atoms with Crippen LogP contribution in [0, 0.1) is 5.82 Å². The highest BCUT2D eigenvalue weighted by Crippen LogP contribution is 2.40. The minimum atomic E-state index is -0.154. The summed E-state index contributed by atoms with van der Waals surface area (Å²) in [6.07, 6.45) is 3.25. The van der Waals surface area contributed by atoms with Crippen molar-refractivity contribution in [1.29, 1.82) is 0 Å². The van der Waals surface area contributed by atoms with Crippen molar-refractivity contribution in [3.05, 3.63) is 53.3 Å². The lowest BCUT2D eigenvalue weighted by Crippen LogP contribution is -2.19. The number of nitrogens with one attached hydrogen (secondary N) is 1. The van der Waals surface area contributed by atoms with Crippen molar-refractivity contribution in [1.82, 2.24) is 0 Å². The van der Waals surface area contributed by atoms with Crippen LogP contribution in [-0.4, -0.2) is 13.1 Å². The van der Waals surface area contributed by atoms with Gasteiger partial charge in [-0.25, -0.2) is 4.39 Å². The van der Waals surface area contributed by atoms with E-state index in [1.54, 1.807) is 12.1 Å². The van der Waals surface area contributed by atoms with Gasteiger partial charge >= 0.3 is 0 Å². The predicted octanol–water partition coefficient (Wildman–Crippen LogP) is 3.88. The molecule has 0 amide bonds. The molecule has 20 heavy (non-hydrogen) atoms. The normalized spacial score (nSPS) is 16.6. The zero-order chi connectivity index (χ0) is 13.5. The summed E-state index contributed by atoms with van der Waals surface area (Å²) in [5, 5.41) is 3.46. The number of halogens is 1. The van der Waals surface area contributed by atoms with Crippen LogP contribution in [0.25, 0.3) is 0 Å². The van der Waals surface area contributed by atoms with Crippen LogP contribution in [0.3, 0.4) is 0 Å². The number of hydrogen-bond acceptors (Lipinski definition) is 2. The van der Waals surface area contributed by atoms with Crippen molar-refractivity contribution in [3.63, 3.8) is 0 Å². The summed E-state index contributed by atoms with van der Waals surface area (Å²) < 4.78 is 13.6. The Labute approximate surface area is 118 Å². The van der Waals surface area contributed by atoms with E-state index < -0.39 is 0 Å². The number of hydrogen-bond donors (Lipinski definition) is 1. The molecule has 0 atom stereocenters. The summed E-state index contributed by atoms with van der Waals surface area (Å²) >= 11 is 0. The van der Waals surface area contributed by atoms with Crippen LogP contribution in [0.2, 0.25) is 0 Å². The Morgan fingerprint density at radius 1 is 1.05 bits per heavy atom. The van der Waals surface area contributed by atoms with E-state index in [0.29, 0.717) is 0 Å². The summed E-state index contributed by atoms with van der Waals surface area (Å²) in [7, 11) is 0. The first-order chi connectivity index (χ1) is 9.83. The summed E-state index contributed by atoms with van der Waals surface area (Å²) in [5.41, 5.74) is 6.12. The Morgan fingerprint density at radius 2 is 2.00 bits per heavy atom. The smallest absolute Gasteiger partial charge is 0.125 e. The van der Waals surface area contributed by atoms with Crippen molar-refractivity contribution in [2.45, 2.75) is 19.3 Å². The molecule has 0 radical (unpaired) electrons. The molecule has 0 bridgehead atoms. The second kappa shape index (κ2) is 4.51. The third-order valence-corrected chi connectivity index (χ3v) is 4.30. The van der Waals surface area contributed by atoms with Gasteiger partial charge in [-0.1, -0.05) is 12.1 Å². The highest BCUT2D eigenvalue weighted by Gasteiger charge is 2.24. The van der Waals surface area contributed by atoms with Gasteiger partial charge in [0.2, 0.25) is 0 Å². The van der Waals surface area contributed by atoms with Gasteiger partial charge in [-0.2, -0.15) is 0 Å². The summed E-state index contributed by atoms with van der Waals surface area (Å²) in [4.78, 5) is 2.27. The van der Waals surface area contributed by atoms with E-state index >= 15 is 0 Å². The molecule has 2 aliphatic heterocycles. The molecule has 0 saturated heterocycles. The molecule has 2 aromatic carbocycles. The molecular weight excluding hydrogens is 251 g/mol. The molecular formula is C17H17FN2. The van der Waals surface area contributed by atoms with Crippen molar-refractivity contribution >= 4 is 17.1 Å². The summed E-state index contributed by atoms with van der Waals surface area (Å²) in [6, 6.07) is 11.5. The van der Waals surface area contributed by atoms with E-state index in [1.807, 2.05) is 6.07 Å². The Balaban J connectivity index is 1.82. The molecule has 1 N–H and O–H groups in total. The maximum absolute atomic E-state index is 13.6. The Morgan fingerprint density at radius 3 is 2.95 bits per heavy atom. The number of rotatable bonds is 1. The molecule has 2 heterocycles. The van der Waals surface area contributed by atoms with Crippen molar-refractivity contribution in [2.24, 2.45) is 0 Å². The fourth-order valence-corrected chi connectivity index (χ4v) is 3.35. The first kappa shape index (κ1) is 11.8. The van der Waals surface area contributed by atoms with Crippen molar-refractivity contribution in [3.8, 4) is 0 Å². The average molecular weight is 268 g/mol. The summed E-state index contributed by atoms with van der Waals surface area (Å²) in [6.45, 7) is 1.98. The predicted molar refractivity (Wildman–Crippen MR) is 80.4 cm³/mol. The minimum absolute atomic E-state index is 0.154. The van der Waals surface area contributed by atoms with Gasteiger partial charge in [0.25, 0.3) is 0 Å². The van der Waals surface area contributed by atoms with Gasteiger partial charge in [-0.05, 0) is 54.7 Å². The zero-order valence-corrected chi connectivity index (χ0v) is 11.3. The van der Waals surface area contributed by atoms with Gasteiger partial charge < -0.3 is 10.2 Å². The second-order valence-electron chi connectivity index (χ2n) is 5.51. The van der Waals surface area contributed by atoms with Crippen molar-refractivity contribution in [2.75, 3.05) is 23.3 Å².